The third-order valence-electron chi connectivity index (χ3n) is 3.19. The number of alkyl halides is 1. The molecule has 2 rings (SSSR count). The fourth-order valence-electron chi connectivity index (χ4n) is 2.17. The van der Waals surface area contributed by atoms with Gasteiger partial charge in [-0.1, -0.05) is 11.6 Å². The van der Waals surface area contributed by atoms with Crippen LogP contribution in [0.5, 0.6) is 0 Å². The lowest BCUT2D eigenvalue weighted by molar-refractivity contribution is 0.213. The van der Waals surface area contributed by atoms with Crippen LogP contribution in [0, 0.1) is 11.3 Å². The number of sulfonamides is 1. The molecule has 1 heterocycles. The van der Waals surface area contributed by atoms with E-state index < -0.39 is 28.8 Å². The maximum absolute atomic E-state index is 13.4. The van der Waals surface area contributed by atoms with Crippen LogP contribution in [-0.4, -0.2) is 43.2 Å². The van der Waals surface area contributed by atoms with Crippen LogP contribution < -0.4 is 0 Å². The highest BCUT2D eigenvalue weighted by molar-refractivity contribution is 7.89. The van der Waals surface area contributed by atoms with Crippen molar-refractivity contribution in [3.8, 4) is 6.07 Å². The SMILES string of the molecule is N#Cc1ccc(S(=O)(=O)N2C[C@@H](F)C[C@H]2CO)cc1Cl. The summed E-state index contributed by atoms with van der Waals surface area (Å²) >= 11 is 5.81. The molecule has 108 valence electrons. The summed E-state index contributed by atoms with van der Waals surface area (Å²) in [6, 6.07) is 4.77. The number of rotatable bonds is 3. The Bertz CT molecular complexity index is 659. The van der Waals surface area contributed by atoms with Gasteiger partial charge in [-0.05, 0) is 24.6 Å². The van der Waals surface area contributed by atoms with Crippen molar-refractivity contribution in [2.24, 2.45) is 0 Å². The topological polar surface area (TPSA) is 81.4 Å². The predicted octanol–water partition coefficient (Wildman–Crippen LogP) is 1.31. The molecule has 0 bridgehead atoms. The summed E-state index contributed by atoms with van der Waals surface area (Å²) in [6.45, 7) is -0.727. The van der Waals surface area contributed by atoms with Gasteiger partial charge in [0.2, 0.25) is 10.0 Å². The molecule has 20 heavy (non-hydrogen) atoms. The van der Waals surface area contributed by atoms with Crippen molar-refractivity contribution in [1.29, 1.82) is 5.26 Å². The van der Waals surface area contributed by atoms with E-state index in [4.69, 9.17) is 22.0 Å². The van der Waals surface area contributed by atoms with Gasteiger partial charge in [0.25, 0.3) is 0 Å². The molecule has 5 nitrogen and oxygen atoms in total. The minimum absolute atomic E-state index is 0.0186. The van der Waals surface area contributed by atoms with Gasteiger partial charge < -0.3 is 5.11 Å². The Labute approximate surface area is 121 Å². The molecule has 1 fully saturated rings. The van der Waals surface area contributed by atoms with Gasteiger partial charge in [-0.2, -0.15) is 9.57 Å². The number of benzene rings is 1. The molecule has 1 aromatic carbocycles. The second-order valence-corrected chi connectivity index (χ2v) is 6.80. The lowest BCUT2D eigenvalue weighted by Crippen LogP contribution is -2.37. The van der Waals surface area contributed by atoms with Gasteiger partial charge in [0, 0.05) is 6.54 Å². The fourth-order valence-corrected chi connectivity index (χ4v) is 4.14. The summed E-state index contributed by atoms with van der Waals surface area (Å²) < 4.78 is 39.1. The Hall–Kier alpha value is -1.20. The van der Waals surface area contributed by atoms with Gasteiger partial charge in [-0.3, -0.25) is 0 Å². The molecule has 0 spiro atoms. The number of halogens is 2. The first-order valence-corrected chi connectivity index (χ1v) is 7.68. The number of aliphatic hydroxyl groups excluding tert-OH is 1. The van der Waals surface area contributed by atoms with E-state index in [0.29, 0.717) is 0 Å². The lowest BCUT2D eigenvalue weighted by atomic mass is 10.2. The van der Waals surface area contributed by atoms with Crippen LogP contribution in [0.25, 0.3) is 0 Å². The molecule has 1 N–H and O–H groups in total. The fraction of sp³-hybridized carbons (Fsp3) is 0.417. The molecule has 0 aliphatic carbocycles. The average molecular weight is 319 g/mol. The Balaban J connectivity index is 2.40. The van der Waals surface area contributed by atoms with Gasteiger partial charge in [-0.15, -0.1) is 0 Å². The number of aliphatic hydroxyl groups is 1. The number of hydrogen-bond donors (Lipinski definition) is 1. The zero-order chi connectivity index (χ0) is 14.9. The first-order valence-electron chi connectivity index (χ1n) is 5.86. The molecule has 1 aliphatic rings. The monoisotopic (exact) mass is 318 g/mol. The normalized spacial score (nSPS) is 23.7. The molecule has 1 aliphatic heterocycles. The summed E-state index contributed by atoms with van der Waals surface area (Å²) in [5.74, 6) is 0. The van der Waals surface area contributed by atoms with Crippen molar-refractivity contribution in [2.75, 3.05) is 13.2 Å². The summed E-state index contributed by atoms with van der Waals surface area (Å²) in [7, 11) is -3.94. The Morgan fingerprint density at radius 3 is 2.80 bits per heavy atom. The molecule has 1 saturated heterocycles. The third kappa shape index (κ3) is 2.65. The first kappa shape index (κ1) is 15.2. The van der Waals surface area contributed by atoms with E-state index in [1.807, 2.05) is 6.07 Å². The minimum Gasteiger partial charge on any atom is -0.395 e. The van der Waals surface area contributed by atoms with Crippen LogP contribution in [0.1, 0.15) is 12.0 Å². The van der Waals surface area contributed by atoms with Crippen LogP contribution in [0.3, 0.4) is 0 Å². The van der Waals surface area contributed by atoms with Crippen molar-refractivity contribution in [1.82, 2.24) is 4.31 Å². The zero-order valence-electron chi connectivity index (χ0n) is 10.3. The summed E-state index contributed by atoms with van der Waals surface area (Å²) in [5.41, 5.74) is 0.161. The van der Waals surface area contributed by atoms with E-state index in [2.05, 4.69) is 0 Å². The van der Waals surface area contributed by atoms with Gasteiger partial charge in [0.1, 0.15) is 12.2 Å². The van der Waals surface area contributed by atoms with Crippen LogP contribution in [-0.2, 0) is 10.0 Å². The molecule has 1 aromatic rings. The minimum atomic E-state index is -3.94. The van der Waals surface area contributed by atoms with Gasteiger partial charge in [0.15, 0.2) is 0 Å². The van der Waals surface area contributed by atoms with Crippen LogP contribution >= 0.6 is 11.6 Å². The summed E-state index contributed by atoms with van der Waals surface area (Å²) in [4.78, 5) is -0.117. The highest BCUT2D eigenvalue weighted by Crippen LogP contribution is 2.29. The molecule has 0 aromatic heterocycles. The van der Waals surface area contributed by atoms with Crippen molar-refractivity contribution in [2.45, 2.75) is 23.5 Å². The van der Waals surface area contributed by atoms with Crippen LogP contribution in [0.4, 0.5) is 4.39 Å². The second kappa shape index (κ2) is 5.66. The summed E-state index contributed by atoms with van der Waals surface area (Å²) in [5, 5.41) is 17.9. The van der Waals surface area contributed by atoms with E-state index in [1.54, 1.807) is 0 Å². The maximum Gasteiger partial charge on any atom is 0.243 e. The number of hydrogen-bond acceptors (Lipinski definition) is 4. The molecular weight excluding hydrogens is 307 g/mol. The molecule has 0 unspecified atom stereocenters. The molecule has 2 atom stereocenters. The van der Waals surface area contributed by atoms with Crippen molar-refractivity contribution in [3.05, 3.63) is 28.8 Å². The Kier molecular flexibility index (Phi) is 4.30. The van der Waals surface area contributed by atoms with Gasteiger partial charge in [-0.25, -0.2) is 12.8 Å². The lowest BCUT2D eigenvalue weighted by Gasteiger charge is -2.22. The number of nitriles is 1. The van der Waals surface area contributed by atoms with Gasteiger partial charge >= 0.3 is 0 Å². The highest BCUT2D eigenvalue weighted by atomic mass is 35.5. The Morgan fingerprint density at radius 1 is 1.55 bits per heavy atom. The van der Waals surface area contributed by atoms with E-state index >= 15 is 0 Å². The van der Waals surface area contributed by atoms with E-state index in [0.717, 1.165) is 10.4 Å². The van der Waals surface area contributed by atoms with Crippen molar-refractivity contribution in [3.63, 3.8) is 0 Å². The van der Waals surface area contributed by atoms with E-state index in [-0.39, 0.29) is 28.4 Å². The molecule has 0 amide bonds. The summed E-state index contributed by atoms with van der Waals surface area (Å²) in [6.07, 6.45) is -1.32. The van der Waals surface area contributed by atoms with Crippen molar-refractivity contribution >= 4 is 21.6 Å². The third-order valence-corrected chi connectivity index (χ3v) is 5.42. The van der Waals surface area contributed by atoms with E-state index in [9.17, 15) is 12.8 Å². The molecule has 8 heteroatoms. The quantitative estimate of drug-likeness (QED) is 0.911. The average Bonchev–Trinajstić information content (AvgIpc) is 2.80. The van der Waals surface area contributed by atoms with Gasteiger partial charge in [0.05, 0.1) is 28.1 Å². The first-order chi connectivity index (χ1) is 9.40. The largest absolute Gasteiger partial charge is 0.395 e. The number of nitrogens with zero attached hydrogens (tertiary/aromatic N) is 2. The standard InChI is InChI=1S/C12H12ClFN2O3S/c13-12-4-11(2-1-8(12)5-15)20(18,19)16-6-9(14)3-10(16)7-17/h1-2,4,9-10,17H,3,6-7H2/t9-,10-/m0/s1. The Morgan fingerprint density at radius 2 is 2.25 bits per heavy atom. The highest BCUT2D eigenvalue weighted by Gasteiger charge is 2.40. The molecule has 0 saturated carbocycles. The second-order valence-electron chi connectivity index (χ2n) is 4.50. The van der Waals surface area contributed by atoms with Crippen LogP contribution in [0.15, 0.2) is 23.1 Å². The predicted molar refractivity (Wildman–Crippen MR) is 70.4 cm³/mol. The maximum atomic E-state index is 13.4. The smallest absolute Gasteiger partial charge is 0.243 e. The van der Waals surface area contributed by atoms with E-state index in [1.165, 1.54) is 12.1 Å². The molecule has 0 radical (unpaired) electrons. The zero-order valence-corrected chi connectivity index (χ0v) is 11.9. The van der Waals surface area contributed by atoms with Crippen LogP contribution in [0.2, 0.25) is 5.02 Å². The molecular formula is C12H12ClFN2O3S. The van der Waals surface area contributed by atoms with Crippen molar-refractivity contribution < 1.29 is 17.9 Å².